The molecule has 2 rings (SSSR count). The fourth-order valence-corrected chi connectivity index (χ4v) is 2.70. The molecule has 1 heterocycles. The van der Waals surface area contributed by atoms with Crippen molar-refractivity contribution in [3.05, 3.63) is 50.4 Å². The number of benzene rings is 1. The molecule has 2 nitrogen and oxygen atoms in total. The molecule has 0 spiro atoms. The van der Waals surface area contributed by atoms with E-state index in [2.05, 4.69) is 33.0 Å². The quantitative estimate of drug-likeness (QED) is 0.942. The number of rotatable bonds is 3. The van der Waals surface area contributed by atoms with Crippen molar-refractivity contribution in [1.82, 2.24) is 4.98 Å². The SMILES string of the molecule is Cc1nc(C(N)Cc2cccc(Br)c2)cs1. The molecule has 4 heteroatoms. The molecule has 0 radical (unpaired) electrons. The van der Waals surface area contributed by atoms with E-state index in [9.17, 15) is 0 Å². The van der Waals surface area contributed by atoms with E-state index in [0.29, 0.717) is 0 Å². The van der Waals surface area contributed by atoms with Gasteiger partial charge in [0.25, 0.3) is 0 Å². The highest BCUT2D eigenvalue weighted by atomic mass is 79.9. The highest BCUT2D eigenvalue weighted by molar-refractivity contribution is 9.10. The van der Waals surface area contributed by atoms with Crippen molar-refractivity contribution in [2.75, 3.05) is 0 Å². The molecular weight excluding hydrogens is 284 g/mol. The van der Waals surface area contributed by atoms with Crippen LogP contribution >= 0.6 is 27.3 Å². The summed E-state index contributed by atoms with van der Waals surface area (Å²) in [5.74, 6) is 0. The Morgan fingerprint density at radius 3 is 2.94 bits per heavy atom. The zero-order chi connectivity index (χ0) is 11.5. The first-order chi connectivity index (χ1) is 7.65. The van der Waals surface area contributed by atoms with Gasteiger partial charge in [0.2, 0.25) is 0 Å². The molecular formula is C12H13BrN2S. The maximum absolute atomic E-state index is 6.12. The van der Waals surface area contributed by atoms with E-state index in [0.717, 1.165) is 21.6 Å². The van der Waals surface area contributed by atoms with Crippen LogP contribution in [0.15, 0.2) is 34.1 Å². The van der Waals surface area contributed by atoms with Crippen LogP contribution in [0.2, 0.25) is 0 Å². The van der Waals surface area contributed by atoms with Gasteiger partial charge in [-0.05, 0) is 31.0 Å². The lowest BCUT2D eigenvalue weighted by Gasteiger charge is -2.09. The molecule has 1 aromatic heterocycles. The molecule has 0 aliphatic carbocycles. The van der Waals surface area contributed by atoms with Crippen LogP contribution in [0.3, 0.4) is 0 Å². The number of thiazole rings is 1. The number of hydrogen-bond acceptors (Lipinski definition) is 3. The monoisotopic (exact) mass is 296 g/mol. The molecule has 0 saturated carbocycles. The van der Waals surface area contributed by atoms with Crippen molar-refractivity contribution in [3.8, 4) is 0 Å². The number of halogens is 1. The summed E-state index contributed by atoms with van der Waals surface area (Å²) in [6, 6.07) is 8.21. The normalized spacial score (nSPS) is 12.7. The summed E-state index contributed by atoms with van der Waals surface area (Å²) in [6.45, 7) is 2.00. The molecule has 0 bridgehead atoms. The Morgan fingerprint density at radius 2 is 2.31 bits per heavy atom. The minimum Gasteiger partial charge on any atom is -0.322 e. The lowest BCUT2D eigenvalue weighted by atomic mass is 10.1. The summed E-state index contributed by atoms with van der Waals surface area (Å²) in [4.78, 5) is 4.41. The number of nitrogens with two attached hydrogens (primary N) is 1. The predicted molar refractivity (Wildman–Crippen MR) is 71.6 cm³/mol. The molecule has 1 atom stereocenters. The Kier molecular flexibility index (Phi) is 3.74. The zero-order valence-corrected chi connectivity index (χ0v) is 11.4. The summed E-state index contributed by atoms with van der Waals surface area (Å²) in [5, 5.41) is 3.11. The highest BCUT2D eigenvalue weighted by Gasteiger charge is 2.10. The average Bonchev–Trinajstić information content (AvgIpc) is 2.65. The predicted octanol–water partition coefficient (Wildman–Crippen LogP) is 3.46. The highest BCUT2D eigenvalue weighted by Crippen LogP contribution is 2.20. The molecule has 2 aromatic rings. The van der Waals surface area contributed by atoms with E-state index in [4.69, 9.17) is 5.73 Å². The van der Waals surface area contributed by atoms with Crippen molar-refractivity contribution in [3.63, 3.8) is 0 Å². The van der Waals surface area contributed by atoms with Crippen molar-refractivity contribution < 1.29 is 0 Å². The molecule has 0 aliphatic heterocycles. The van der Waals surface area contributed by atoms with Gasteiger partial charge in [0.05, 0.1) is 16.7 Å². The Labute approximate surface area is 108 Å². The number of nitrogens with zero attached hydrogens (tertiary/aromatic N) is 1. The lowest BCUT2D eigenvalue weighted by molar-refractivity contribution is 0.700. The minimum atomic E-state index is -0.0146. The molecule has 0 fully saturated rings. The first-order valence-electron chi connectivity index (χ1n) is 5.07. The summed E-state index contributed by atoms with van der Waals surface area (Å²) >= 11 is 5.10. The maximum atomic E-state index is 6.12. The Morgan fingerprint density at radius 1 is 1.50 bits per heavy atom. The number of aromatic nitrogens is 1. The Bertz CT molecular complexity index is 481. The fourth-order valence-electron chi connectivity index (χ4n) is 1.57. The lowest BCUT2D eigenvalue weighted by Crippen LogP contribution is -2.13. The third kappa shape index (κ3) is 2.90. The first kappa shape index (κ1) is 11.8. The Hall–Kier alpha value is -0.710. The van der Waals surface area contributed by atoms with Gasteiger partial charge in [-0.3, -0.25) is 0 Å². The number of aryl methyl sites for hydroxylation is 1. The second-order valence-electron chi connectivity index (χ2n) is 3.73. The van der Waals surface area contributed by atoms with E-state index in [-0.39, 0.29) is 6.04 Å². The van der Waals surface area contributed by atoms with Gasteiger partial charge < -0.3 is 5.73 Å². The smallest absolute Gasteiger partial charge is 0.0898 e. The number of hydrogen-bond donors (Lipinski definition) is 1. The summed E-state index contributed by atoms with van der Waals surface area (Å²) in [6.07, 6.45) is 0.822. The molecule has 16 heavy (non-hydrogen) atoms. The van der Waals surface area contributed by atoms with E-state index in [1.54, 1.807) is 11.3 Å². The second-order valence-corrected chi connectivity index (χ2v) is 5.71. The van der Waals surface area contributed by atoms with Crippen LogP contribution in [0.4, 0.5) is 0 Å². The molecule has 2 N–H and O–H groups in total. The van der Waals surface area contributed by atoms with Crippen molar-refractivity contribution >= 4 is 27.3 Å². The fraction of sp³-hybridized carbons (Fsp3) is 0.250. The molecule has 1 aromatic carbocycles. The van der Waals surface area contributed by atoms with Crippen LogP contribution in [0.25, 0.3) is 0 Å². The van der Waals surface area contributed by atoms with Crippen LogP contribution in [0.5, 0.6) is 0 Å². The van der Waals surface area contributed by atoms with E-state index in [1.165, 1.54) is 5.56 Å². The van der Waals surface area contributed by atoms with Gasteiger partial charge >= 0.3 is 0 Å². The third-order valence-corrected chi connectivity index (χ3v) is 3.65. The zero-order valence-electron chi connectivity index (χ0n) is 8.98. The van der Waals surface area contributed by atoms with Crippen LogP contribution in [0, 0.1) is 6.92 Å². The summed E-state index contributed by atoms with van der Waals surface area (Å²) < 4.78 is 1.09. The van der Waals surface area contributed by atoms with Crippen molar-refractivity contribution in [1.29, 1.82) is 0 Å². The maximum Gasteiger partial charge on any atom is 0.0898 e. The van der Waals surface area contributed by atoms with Gasteiger partial charge in [0.1, 0.15) is 0 Å². The van der Waals surface area contributed by atoms with Crippen molar-refractivity contribution in [2.24, 2.45) is 5.73 Å². The average molecular weight is 297 g/mol. The summed E-state index contributed by atoms with van der Waals surface area (Å²) in [5.41, 5.74) is 8.34. The largest absolute Gasteiger partial charge is 0.322 e. The molecule has 1 unspecified atom stereocenters. The van der Waals surface area contributed by atoms with E-state index < -0.39 is 0 Å². The molecule has 0 saturated heterocycles. The van der Waals surface area contributed by atoms with Crippen LogP contribution in [-0.2, 0) is 6.42 Å². The van der Waals surface area contributed by atoms with Crippen molar-refractivity contribution in [2.45, 2.75) is 19.4 Å². The molecule has 0 aliphatic rings. The third-order valence-electron chi connectivity index (χ3n) is 2.36. The second kappa shape index (κ2) is 5.08. The van der Waals surface area contributed by atoms with E-state index >= 15 is 0 Å². The van der Waals surface area contributed by atoms with Gasteiger partial charge in [-0.1, -0.05) is 28.1 Å². The van der Waals surface area contributed by atoms with E-state index in [1.807, 2.05) is 24.4 Å². The van der Waals surface area contributed by atoms with Crippen LogP contribution in [-0.4, -0.2) is 4.98 Å². The Balaban J connectivity index is 2.10. The molecule has 0 amide bonds. The first-order valence-corrected chi connectivity index (χ1v) is 6.74. The van der Waals surface area contributed by atoms with Gasteiger partial charge in [-0.15, -0.1) is 11.3 Å². The van der Waals surface area contributed by atoms with Gasteiger partial charge in [0, 0.05) is 9.85 Å². The molecule has 84 valence electrons. The van der Waals surface area contributed by atoms with Gasteiger partial charge in [-0.2, -0.15) is 0 Å². The standard InChI is InChI=1S/C12H13BrN2S/c1-8-15-12(7-16-8)11(14)6-9-3-2-4-10(13)5-9/h2-5,7,11H,6,14H2,1H3. The summed E-state index contributed by atoms with van der Waals surface area (Å²) in [7, 11) is 0. The van der Waals surface area contributed by atoms with Gasteiger partial charge in [0.15, 0.2) is 0 Å². The minimum absolute atomic E-state index is 0.0146. The topological polar surface area (TPSA) is 38.9 Å². The van der Waals surface area contributed by atoms with Crippen LogP contribution in [0.1, 0.15) is 22.3 Å². The van der Waals surface area contributed by atoms with Gasteiger partial charge in [-0.25, -0.2) is 4.98 Å². The van der Waals surface area contributed by atoms with Crippen LogP contribution < -0.4 is 5.73 Å².